The van der Waals surface area contributed by atoms with E-state index < -0.39 is 72.3 Å². The van der Waals surface area contributed by atoms with Crippen LogP contribution in [0.15, 0.2) is 206 Å². The molecule has 0 saturated carbocycles. The smallest absolute Gasteiger partial charge is 0.308 e. The van der Waals surface area contributed by atoms with E-state index in [1.54, 1.807) is 159 Å². The third-order valence-corrected chi connectivity index (χ3v) is 16.6. The Balaban J connectivity index is 0.000000526. The van der Waals surface area contributed by atoms with Gasteiger partial charge in [-0.25, -0.2) is 0 Å². The molecule has 31 nitrogen and oxygen atoms in total. The molecule has 8 aromatic carbocycles. The Morgan fingerprint density at radius 2 is 0.496 bits per heavy atom. The second kappa shape index (κ2) is 58.7. The molecule has 0 fully saturated rings. The molecule has 0 bridgehead atoms. The Bertz CT molecular complexity index is 5360. The van der Waals surface area contributed by atoms with Crippen molar-refractivity contribution in [3.63, 3.8) is 0 Å². The SMILES string of the molecule is C#CC(OC(C)=O)c1ccc(OC(C)=O)c(OC)c1.C#CC(OC(C)=O)c1ccc(OC(C)=O)cc1.C=C(C)C(OC(C)=O)c1ccc(OC(C)=O)c(OC)c1.C=C(C)C(OC(C)=O)c1ccc(OC(C)=O)cc1.CC(=O)Oc1ccc(C(OC(C)=O)C(C)C)cc1.CC(=O)Oc1ccc(C(OC(C)=O)c2ccccc2)cc1.COc1cc(C(OC(C)=O)C(C)C)ccc1OC(C)=O. The molecule has 8 aromatic rings. The highest BCUT2D eigenvalue weighted by Gasteiger charge is 2.26. The molecular weight excluding hydrogens is 1720 g/mol. The van der Waals surface area contributed by atoms with Gasteiger partial charge in [-0.2, -0.15) is 0 Å². The summed E-state index contributed by atoms with van der Waals surface area (Å²) in [5.41, 5.74) is 7.48. The minimum Gasteiger partial charge on any atom is -0.493 e. The van der Waals surface area contributed by atoms with Gasteiger partial charge in [-0.1, -0.05) is 150 Å². The molecule has 0 radical (unpaired) electrons. The zero-order valence-corrected chi connectivity index (χ0v) is 78.7. The molecule has 0 aromatic heterocycles. The summed E-state index contributed by atoms with van der Waals surface area (Å²) in [5, 5.41) is 0. The second-order valence-corrected chi connectivity index (χ2v) is 29.1. The van der Waals surface area contributed by atoms with Crippen molar-refractivity contribution in [1.29, 1.82) is 0 Å². The third kappa shape index (κ3) is 44.3. The van der Waals surface area contributed by atoms with E-state index in [1.165, 1.54) is 124 Å². The standard InChI is InChI=1S/C17H16O4.C15H20O5.C15H18O5.C14H14O5.C14H18O4.C14H16O4.C13H12O4/c1-12(18)20-16-10-8-15(9-11-16)17(21-13(2)19)14-6-4-3-5-7-14;2*1-9(2)15(20-11(4)17)12-6-7-13(19-10(3)16)14(8-12)18-5;1-5-12(18-9(2)15)11-6-7-13(19-10(3)16)14(8-11)17-4;2*1-9(2)14(18-11(4)16)12-5-7-13(8-6-12)17-10(3)15;1-4-13(17-10(3)15)11-5-7-12(8-6-11)16-9(2)14/h3-11,17H,1-2H3;6-9,15H,1-5H3;6-8,15H,1H2,2-5H3;1,6-8,12H,2-4H3;5-9,14H,1-4H3;5-8,14H,1H2,2-4H3;1,5-8,13H,2-3H3. The number of benzene rings is 8. The lowest BCUT2D eigenvalue weighted by Gasteiger charge is -2.22. The van der Waals surface area contributed by atoms with Gasteiger partial charge < -0.3 is 80.5 Å². The van der Waals surface area contributed by atoms with Crippen molar-refractivity contribution in [2.75, 3.05) is 21.3 Å². The van der Waals surface area contributed by atoms with Crippen LogP contribution < -0.4 is 47.4 Å². The molecule has 0 spiro atoms. The van der Waals surface area contributed by atoms with Crippen molar-refractivity contribution in [3.8, 4) is 82.2 Å². The monoisotopic (exact) mass is 1830 g/mol. The lowest BCUT2D eigenvalue weighted by atomic mass is 9.98. The number of hydrogen-bond donors (Lipinski definition) is 0. The summed E-state index contributed by atoms with van der Waals surface area (Å²) in [5.74, 6) is 3.37. The van der Waals surface area contributed by atoms with Crippen molar-refractivity contribution in [1.82, 2.24) is 0 Å². The largest absolute Gasteiger partial charge is 0.493 e. The number of esters is 14. The molecular formula is C102H114O31. The summed E-state index contributed by atoms with van der Waals surface area (Å²) < 4.78 is 86.5. The van der Waals surface area contributed by atoms with Crippen LogP contribution in [-0.2, 0) is 100 Å². The molecule has 0 saturated heterocycles. The summed E-state index contributed by atoms with van der Waals surface area (Å²) in [6.07, 6.45) is 6.87. The summed E-state index contributed by atoms with van der Waals surface area (Å²) in [4.78, 5) is 154. The number of ether oxygens (including phenoxy) is 17. The number of carbonyl (C=O) groups excluding carboxylic acids is 14. The first-order valence-electron chi connectivity index (χ1n) is 40.8. The van der Waals surface area contributed by atoms with Crippen molar-refractivity contribution in [2.24, 2.45) is 11.8 Å². The molecule has 0 heterocycles. The van der Waals surface area contributed by atoms with Crippen molar-refractivity contribution in [2.45, 2.75) is 181 Å². The molecule has 133 heavy (non-hydrogen) atoms. The average Bonchev–Trinajstić information content (AvgIpc) is 0.819. The number of terminal acetylenes is 2. The highest BCUT2D eigenvalue weighted by molar-refractivity contribution is 5.75. The quantitative estimate of drug-likeness (QED) is 0.0138. The molecule has 7 atom stereocenters. The Morgan fingerprint density at radius 1 is 0.248 bits per heavy atom. The highest BCUT2D eigenvalue weighted by atomic mass is 16.6. The molecule has 7 unspecified atom stereocenters. The first-order chi connectivity index (χ1) is 62.5. The molecule has 0 N–H and O–H groups in total. The predicted molar refractivity (Wildman–Crippen MR) is 488 cm³/mol. The van der Waals surface area contributed by atoms with E-state index in [0.29, 0.717) is 74.0 Å². The Hall–Kier alpha value is -15.7. The van der Waals surface area contributed by atoms with Crippen LogP contribution in [0.2, 0.25) is 0 Å². The van der Waals surface area contributed by atoms with E-state index in [4.69, 9.17) is 93.4 Å². The minimum atomic E-state index is -0.808. The lowest BCUT2D eigenvalue weighted by Crippen LogP contribution is -2.14. The van der Waals surface area contributed by atoms with Gasteiger partial charge in [-0.15, -0.1) is 12.8 Å². The van der Waals surface area contributed by atoms with Gasteiger partial charge in [0.15, 0.2) is 52.8 Å². The van der Waals surface area contributed by atoms with E-state index >= 15 is 0 Å². The van der Waals surface area contributed by atoms with Crippen LogP contribution in [0.3, 0.4) is 0 Å². The van der Waals surface area contributed by atoms with Crippen LogP contribution in [0.25, 0.3) is 0 Å². The predicted octanol–water partition coefficient (Wildman–Crippen LogP) is 18.3. The maximum atomic E-state index is 11.3. The number of hydrogen-bond acceptors (Lipinski definition) is 31. The maximum Gasteiger partial charge on any atom is 0.308 e. The van der Waals surface area contributed by atoms with E-state index in [9.17, 15) is 67.1 Å². The zero-order valence-electron chi connectivity index (χ0n) is 78.7. The van der Waals surface area contributed by atoms with Gasteiger partial charge in [0.1, 0.15) is 47.4 Å². The van der Waals surface area contributed by atoms with Crippen LogP contribution in [0.1, 0.15) is 226 Å². The van der Waals surface area contributed by atoms with Crippen LogP contribution in [-0.4, -0.2) is 105 Å². The molecule has 0 aliphatic carbocycles. The summed E-state index contributed by atoms with van der Waals surface area (Å²) in [7, 11) is 4.39. The molecule has 0 aliphatic heterocycles. The van der Waals surface area contributed by atoms with Gasteiger partial charge in [0.05, 0.1) is 21.3 Å². The molecule has 31 heteroatoms. The normalized spacial score (nSPS) is 11.5. The zero-order chi connectivity index (χ0) is 100. The number of rotatable bonds is 29. The van der Waals surface area contributed by atoms with Crippen LogP contribution in [0, 0.1) is 36.5 Å². The van der Waals surface area contributed by atoms with Gasteiger partial charge in [0.2, 0.25) is 0 Å². The average molecular weight is 1840 g/mol. The summed E-state index contributed by atoms with van der Waals surface area (Å²) >= 11 is 0. The first-order valence-corrected chi connectivity index (χ1v) is 40.8. The fraction of sp³-hybridized carbons (Fsp3) is 0.314. The Morgan fingerprint density at radius 3 is 0.789 bits per heavy atom. The number of methoxy groups -OCH3 is 3. The third-order valence-electron chi connectivity index (χ3n) is 16.6. The Labute approximate surface area is 774 Å². The lowest BCUT2D eigenvalue weighted by molar-refractivity contribution is -0.150. The summed E-state index contributed by atoms with van der Waals surface area (Å²) in [6.45, 7) is 37.7. The minimum absolute atomic E-state index is 0.114. The van der Waals surface area contributed by atoms with Crippen LogP contribution in [0.5, 0.6) is 57.5 Å². The fourth-order valence-corrected chi connectivity index (χ4v) is 11.4. The number of carbonyl (C=O) groups is 14. The topological polar surface area (TPSA) is 396 Å². The van der Waals surface area contributed by atoms with Crippen LogP contribution >= 0.6 is 0 Å². The fourth-order valence-electron chi connectivity index (χ4n) is 11.4. The molecule has 708 valence electrons. The van der Waals surface area contributed by atoms with Gasteiger partial charge in [-0.3, -0.25) is 67.1 Å². The maximum absolute atomic E-state index is 11.3. The molecule has 0 amide bonds. The first kappa shape index (κ1) is 113. The van der Waals surface area contributed by atoms with Gasteiger partial charge in [-0.05, 0) is 150 Å². The van der Waals surface area contributed by atoms with Crippen molar-refractivity contribution in [3.05, 3.63) is 251 Å². The van der Waals surface area contributed by atoms with Crippen LogP contribution in [0.4, 0.5) is 0 Å². The van der Waals surface area contributed by atoms with E-state index in [-0.39, 0.29) is 71.6 Å². The Kier molecular flexibility index (Phi) is 50.1. The van der Waals surface area contributed by atoms with Crippen molar-refractivity contribution < 1.29 is 148 Å². The van der Waals surface area contributed by atoms with E-state index in [1.807, 2.05) is 58.0 Å². The molecule has 8 rings (SSSR count). The van der Waals surface area contributed by atoms with Crippen molar-refractivity contribution >= 4 is 83.6 Å². The van der Waals surface area contributed by atoms with E-state index in [2.05, 4.69) is 25.0 Å². The second-order valence-electron chi connectivity index (χ2n) is 29.1. The summed E-state index contributed by atoms with van der Waals surface area (Å²) in [6, 6.07) is 51.3. The van der Waals surface area contributed by atoms with Gasteiger partial charge in [0, 0.05) is 114 Å². The van der Waals surface area contributed by atoms with Gasteiger partial charge >= 0.3 is 83.6 Å². The van der Waals surface area contributed by atoms with E-state index in [0.717, 1.165) is 33.4 Å². The molecule has 0 aliphatic rings. The highest BCUT2D eigenvalue weighted by Crippen LogP contribution is 2.38. The van der Waals surface area contributed by atoms with Gasteiger partial charge in [0.25, 0.3) is 0 Å².